The summed E-state index contributed by atoms with van der Waals surface area (Å²) in [6.07, 6.45) is 3.39. The Bertz CT molecular complexity index is 291. The third kappa shape index (κ3) is 4.39. The van der Waals surface area contributed by atoms with Gasteiger partial charge in [0.1, 0.15) is 6.10 Å². The van der Waals surface area contributed by atoms with Crippen molar-refractivity contribution in [2.75, 3.05) is 0 Å². The fraction of sp³-hybridized carbons (Fsp3) is 0.929. The number of carbonyl (C=O) groups is 1. The summed E-state index contributed by atoms with van der Waals surface area (Å²) in [5.74, 6) is 1.30. The van der Waals surface area contributed by atoms with E-state index < -0.39 is 6.04 Å². The number of hydrogen-bond donors (Lipinski definition) is 0. The summed E-state index contributed by atoms with van der Waals surface area (Å²) in [6.45, 7) is 8.19. The zero-order valence-corrected chi connectivity index (χ0v) is 11.9. The van der Waals surface area contributed by atoms with Crippen molar-refractivity contribution >= 4 is 5.97 Å². The number of nitroso groups, excluding NO2 is 1. The van der Waals surface area contributed by atoms with Crippen LogP contribution in [0.5, 0.6) is 0 Å². The third-order valence-electron chi connectivity index (χ3n) is 3.89. The average Bonchev–Trinajstić information content (AvgIpc) is 2.28. The van der Waals surface area contributed by atoms with E-state index in [9.17, 15) is 9.70 Å². The predicted octanol–water partition coefficient (Wildman–Crippen LogP) is 3.54. The lowest BCUT2D eigenvalue weighted by Crippen LogP contribution is -2.36. The summed E-state index contributed by atoms with van der Waals surface area (Å²) in [6, 6.07) is -0.490. The normalized spacial score (nSPS) is 29.9. The van der Waals surface area contributed by atoms with E-state index in [0.717, 1.165) is 12.8 Å². The molecule has 1 aliphatic carbocycles. The molecular formula is C14H25NO3. The molecule has 18 heavy (non-hydrogen) atoms. The molecule has 4 atom stereocenters. The first-order valence-electron chi connectivity index (χ1n) is 6.96. The zero-order valence-electron chi connectivity index (χ0n) is 11.9. The van der Waals surface area contributed by atoms with Crippen LogP contribution in [-0.4, -0.2) is 18.1 Å². The lowest BCUT2D eigenvalue weighted by molar-refractivity contribution is -0.156. The number of carbonyl (C=O) groups excluding carboxylic acids is 1. The Morgan fingerprint density at radius 3 is 2.56 bits per heavy atom. The van der Waals surface area contributed by atoms with Gasteiger partial charge in [0.2, 0.25) is 0 Å². The van der Waals surface area contributed by atoms with Gasteiger partial charge in [-0.05, 0) is 37.5 Å². The van der Waals surface area contributed by atoms with Crippen molar-refractivity contribution in [3.05, 3.63) is 4.91 Å². The van der Waals surface area contributed by atoms with Gasteiger partial charge in [-0.15, -0.1) is 0 Å². The van der Waals surface area contributed by atoms with Crippen LogP contribution in [0.3, 0.4) is 0 Å². The van der Waals surface area contributed by atoms with Gasteiger partial charge in [-0.3, -0.25) is 4.79 Å². The molecule has 1 rings (SSSR count). The highest BCUT2D eigenvalue weighted by Crippen LogP contribution is 2.35. The molecule has 4 heteroatoms. The van der Waals surface area contributed by atoms with Crippen LogP contribution in [0.1, 0.15) is 53.4 Å². The number of nitrogens with zero attached hydrogens (tertiary/aromatic N) is 1. The Labute approximate surface area is 109 Å². The fourth-order valence-electron chi connectivity index (χ4n) is 2.75. The molecule has 0 spiro atoms. The van der Waals surface area contributed by atoms with Crippen LogP contribution in [0, 0.1) is 22.7 Å². The number of rotatable bonds is 5. The molecule has 0 aromatic rings. The standard InChI is InChI=1S/C14H25NO3/c1-9(2)12-6-5-10(3)7-13(12)18-14(16)8-11(4)15-17/h9-13H,5-8H2,1-4H3/t10-,11+,12+,13-/m1/s1. The van der Waals surface area contributed by atoms with E-state index in [1.807, 2.05) is 0 Å². The minimum Gasteiger partial charge on any atom is -0.462 e. The van der Waals surface area contributed by atoms with Crippen LogP contribution in [0.15, 0.2) is 5.18 Å². The van der Waals surface area contributed by atoms with Crippen molar-refractivity contribution in [3.63, 3.8) is 0 Å². The van der Waals surface area contributed by atoms with Crippen molar-refractivity contribution in [1.29, 1.82) is 0 Å². The lowest BCUT2D eigenvalue weighted by atomic mass is 9.75. The van der Waals surface area contributed by atoms with Crippen molar-refractivity contribution in [3.8, 4) is 0 Å². The fourth-order valence-corrected chi connectivity index (χ4v) is 2.75. The van der Waals surface area contributed by atoms with Crippen molar-refractivity contribution < 1.29 is 9.53 Å². The Kier molecular flexibility index (Phi) is 5.76. The van der Waals surface area contributed by atoms with Crippen molar-refractivity contribution in [2.45, 2.75) is 65.5 Å². The second-order valence-electron chi connectivity index (χ2n) is 6.01. The topological polar surface area (TPSA) is 55.7 Å². The van der Waals surface area contributed by atoms with E-state index >= 15 is 0 Å². The molecule has 0 saturated heterocycles. The smallest absolute Gasteiger partial charge is 0.308 e. The molecule has 1 fully saturated rings. The van der Waals surface area contributed by atoms with Crippen molar-refractivity contribution in [2.24, 2.45) is 22.9 Å². The molecule has 1 aliphatic rings. The highest BCUT2D eigenvalue weighted by atomic mass is 16.5. The molecule has 0 radical (unpaired) electrons. The summed E-state index contributed by atoms with van der Waals surface area (Å²) in [7, 11) is 0. The molecule has 0 aromatic carbocycles. The molecule has 1 saturated carbocycles. The van der Waals surface area contributed by atoms with Gasteiger partial charge in [0.05, 0.1) is 12.5 Å². The molecule has 4 nitrogen and oxygen atoms in total. The van der Waals surface area contributed by atoms with Gasteiger partial charge in [-0.2, -0.15) is 4.91 Å². The molecule has 0 bridgehead atoms. The maximum Gasteiger partial charge on any atom is 0.308 e. The Balaban J connectivity index is 2.55. The van der Waals surface area contributed by atoms with E-state index in [1.54, 1.807) is 6.92 Å². The average molecular weight is 255 g/mol. The summed E-state index contributed by atoms with van der Waals surface area (Å²) >= 11 is 0. The van der Waals surface area contributed by atoms with Gasteiger partial charge in [-0.25, -0.2) is 0 Å². The van der Waals surface area contributed by atoms with Crippen LogP contribution < -0.4 is 0 Å². The van der Waals surface area contributed by atoms with E-state index in [4.69, 9.17) is 4.74 Å². The van der Waals surface area contributed by atoms with Crippen LogP contribution in [0.25, 0.3) is 0 Å². The van der Waals surface area contributed by atoms with Crippen LogP contribution in [0.4, 0.5) is 0 Å². The largest absolute Gasteiger partial charge is 0.462 e. The SMILES string of the molecule is CC(C)[C@@H]1CC[C@@H](C)C[C@H]1OC(=O)C[C@H](C)N=O. The molecular weight excluding hydrogens is 230 g/mol. The van der Waals surface area contributed by atoms with E-state index in [-0.39, 0.29) is 18.5 Å². The minimum atomic E-state index is -0.490. The molecule has 104 valence electrons. The highest BCUT2D eigenvalue weighted by molar-refractivity contribution is 5.70. The van der Waals surface area contributed by atoms with Gasteiger partial charge in [0, 0.05) is 0 Å². The minimum absolute atomic E-state index is 0.0140. The highest BCUT2D eigenvalue weighted by Gasteiger charge is 2.33. The Morgan fingerprint density at radius 1 is 1.33 bits per heavy atom. The Morgan fingerprint density at radius 2 is 2.00 bits per heavy atom. The molecule has 0 unspecified atom stereocenters. The van der Waals surface area contributed by atoms with E-state index in [0.29, 0.717) is 17.8 Å². The number of hydrogen-bond acceptors (Lipinski definition) is 4. The Hall–Kier alpha value is -0.930. The predicted molar refractivity (Wildman–Crippen MR) is 71.1 cm³/mol. The van der Waals surface area contributed by atoms with Crippen LogP contribution in [-0.2, 0) is 9.53 Å². The zero-order chi connectivity index (χ0) is 13.7. The first-order chi connectivity index (χ1) is 8.43. The van der Waals surface area contributed by atoms with Gasteiger partial charge in [-0.1, -0.05) is 32.4 Å². The monoisotopic (exact) mass is 255 g/mol. The quantitative estimate of drug-likeness (QED) is 0.557. The summed E-state index contributed by atoms with van der Waals surface area (Å²) in [5.41, 5.74) is 0. The van der Waals surface area contributed by atoms with Gasteiger partial charge in [0.25, 0.3) is 0 Å². The second-order valence-corrected chi connectivity index (χ2v) is 6.01. The summed E-state index contributed by atoms with van der Waals surface area (Å²) in [5, 5.41) is 2.84. The van der Waals surface area contributed by atoms with Crippen molar-refractivity contribution in [1.82, 2.24) is 0 Å². The van der Waals surface area contributed by atoms with Gasteiger partial charge in [0.15, 0.2) is 0 Å². The van der Waals surface area contributed by atoms with E-state index in [1.165, 1.54) is 6.42 Å². The molecule has 0 aromatic heterocycles. The second kappa shape index (κ2) is 6.86. The maximum absolute atomic E-state index is 11.7. The first kappa shape index (κ1) is 15.1. The summed E-state index contributed by atoms with van der Waals surface area (Å²) in [4.78, 5) is 22.0. The van der Waals surface area contributed by atoms with Crippen LogP contribution in [0.2, 0.25) is 0 Å². The molecule has 0 N–H and O–H groups in total. The van der Waals surface area contributed by atoms with Crippen LogP contribution >= 0.6 is 0 Å². The maximum atomic E-state index is 11.7. The molecule has 0 heterocycles. The number of ether oxygens (including phenoxy) is 1. The number of esters is 1. The molecule has 0 aliphatic heterocycles. The van der Waals surface area contributed by atoms with Gasteiger partial charge >= 0.3 is 5.97 Å². The van der Waals surface area contributed by atoms with E-state index in [2.05, 4.69) is 25.9 Å². The lowest BCUT2D eigenvalue weighted by Gasteiger charge is -2.36. The third-order valence-corrected chi connectivity index (χ3v) is 3.89. The van der Waals surface area contributed by atoms with Gasteiger partial charge < -0.3 is 4.74 Å². The first-order valence-corrected chi connectivity index (χ1v) is 6.96. The summed E-state index contributed by atoms with van der Waals surface area (Å²) < 4.78 is 5.57. The molecule has 0 amide bonds.